The van der Waals surface area contributed by atoms with Crippen molar-refractivity contribution in [1.29, 1.82) is 0 Å². The van der Waals surface area contributed by atoms with Crippen molar-refractivity contribution in [2.24, 2.45) is 4.99 Å². The van der Waals surface area contributed by atoms with Crippen molar-refractivity contribution in [2.45, 2.75) is 59.4 Å². The third-order valence-electron chi connectivity index (χ3n) is 4.77. The molecule has 1 atom stereocenters. The monoisotopic (exact) mass is 554 g/mol. The molecule has 8 heteroatoms. The van der Waals surface area contributed by atoms with Gasteiger partial charge in [0.15, 0.2) is 5.96 Å². The average Bonchev–Trinajstić information content (AvgIpc) is 3.25. The first-order valence-corrected chi connectivity index (χ1v) is 11.0. The molecule has 0 bridgehead atoms. The smallest absolute Gasteiger partial charge is 0.213 e. The molecule has 1 fully saturated rings. The lowest BCUT2D eigenvalue weighted by atomic mass is 10.1. The molecule has 2 aromatic rings. The van der Waals surface area contributed by atoms with Crippen molar-refractivity contribution in [3.63, 3.8) is 0 Å². The van der Waals surface area contributed by atoms with Gasteiger partial charge in [0.25, 0.3) is 0 Å². The minimum absolute atomic E-state index is 0. The maximum atomic E-state index is 6.20. The van der Waals surface area contributed by atoms with Crippen LogP contribution in [0.3, 0.4) is 0 Å². The molecule has 0 spiro atoms. The van der Waals surface area contributed by atoms with Crippen LogP contribution < -0.4 is 20.1 Å². The largest absolute Gasteiger partial charge is 0.488 e. The van der Waals surface area contributed by atoms with E-state index in [1.54, 1.807) is 6.20 Å². The fourth-order valence-corrected chi connectivity index (χ4v) is 3.21. The zero-order chi connectivity index (χ0) is 22.1. The Kier molecular flexibility index (Phi) is 11.0. The fraction of sp³-hybridized carbons (Fsp3) is 0.500. The van der Waals surface area contributed by atoms with Gasteiger partial charge in [-0.15, -0.1) is 24.0 Å². The molecule has 1 unspecified atom stereocenters. The Balaban J connectivity index is 0.00000363. The number of aryl methyl sites for hydroxylation is 1. The molecule has 0 aliphatic carbocycles. The van der Waals surface area contributed by atoms with Gasteiger partial charge in [-0.1, -0.05) is 18.2 Å². The molecule has 176 valence electrons. The summed E-state index contributed by atoms with van der Waals surface area (Å²) in [6, 6.07) is 10.2. The molecule has 0 saturated carbocycles. The summed E-state index contributed by atoms with van der Waals surface area (Å²) in [6.07, 6.45) is 2.97. The molecule has 0 radical (unpaired) electrons. The van der Waals surface area contributed by atoms with Crippen LogP contribution in [0.25, 0.3) is 0 Å². The Hall–Kier alpha value is -2.07. The minimum atomic E-state index is 0. The van der Waals surface area contributed by atoms with E-state index < -0.39 is 0 Å². The molecule has 1 aliphatic heterocycles. The quantitative estimate of drug-likeness (QED) is 0.275. The van der Waals surface area contributed by atoms with Crippen LogP contribution in [0, 0.1) is 6.92 Å². The number of pyridine rings is 1. The van der Waals surface area contributed by atoms with Gasteiger partial charge in [0.05, 0.1) is 25.9 Å². The zero-order valence-electron chi connectivity index (χ0n) is 19.4. The van der Waals surface area contributed by atoms with Gasteiger partial charge < -0.3 is 24.8 Å². The zero-order valence-corrected chi connectivity index (χ0v) is 21.7. The number of nitrogens with one attached hydrogen (secondary N) is 2. The number of rotatable bonds is 9. The first-order valence-electron chi connectivity index (χ1n) is 11.0. The van der Waals surface area contributed by atoms with E-state index in [2.05, 4.69) is 47.7 Å². The van der Waals surface area contributed by atoms with Crippen LogP contribution in [-0.4, -0.2) is 42.9 Å². The number of ether oxygens (including phenoxy) is 3. The molecule has 0 amide bonds. The van der Waals surface area contributed by atoms with Crippen molar-refractivity contribution in [1.82, 2.24) is 15.6 Å². The molecule has 2 N–H and O–H groups in total. The lowest BCUT2D eigenvalue weighted by molar-refractivity contribution is 0.140. The van der Waals surface area contributed by atoms with E-state index >= 15 is 0 Å². The van der Waals surface area contributed by atoms with Crippen molar-refractivity contribution in [3.8, 4) is 11.6 Å². The predicted molar refractivity (Wildman–Crippen MR) is 138 cm³/mol. The summed E-state index contributed by atoms with van der Waals surface area (Å²) in [5.74, 6) is 2.29. The maximum absolute atomic E-state index is 6.20. The summed E-state index contributed by atoms with van der Waals surface area (Å²) in [4.78, 5) is 9.04. The molecule has 1 aromatic carbocycles. The highest BCUT2D eigenvalue weighted by atomic mass is 127. The van der Waals surface area contributed by atoms with E-state index in [-0.39, 0.29) is 36.2 Å². The Bertz CT molecular complexity index is 853. The normalized spacial score (nSPS) is 15.9. The maximum Gasteiger partial charge on any atom is 0.213 e. The Morgan fingerprint density at radius 3 is 2.75 bits per heavy atom. The highest BCUT2D eigenvalue weighted by molar-refractivity contribution is 14.0. The SMILES string of the molecule is CCNC(=NCc1ccc(OC(C)C)nc1)NCc1ccc(C)cc1OC1CCOC1.I. The lowest BCUT2D eigenvalue weighted by Gasteiger charge is -2.18. The molecule has 7 nitrogen and oxygen atoms in total. The Morgan fingerprint density at radius 1 is 1.25 bits per heavy atom. The van der Waals surface area contributed by atoms with E-state index in [0.29, 0.717) is 25.6 Å². The second kappa shape index (κ2) is 13.5. The van der Waals surface area contributed by atoms with Crippen molar-refractivity contribution in [3.05, 3.63) is 53.2 Å². The van der Waals surface area contributed by atoms with Gasteiger partial charge in [-0.25, -0.2) is 9.98 Å². The number of aliphatic imine (C=N–C) groups is 1. The van der Waals surface area contributed by atoms with Crippen LogP contribution >= 0.6 is 24.0 Å². The fourth-order valence-electron chi connectivity index (χ4n) is 3.21. The number of hydrogen-bond donors (Lipinski definition) is 2. The number of nitrogens with zero attached hydrogens (tertiary/aromatic N) is 2. The molecular weight excluding hydrogens is 519 g/mol. The summed E-state index contributed by atoms with van der Waals surface area (Å²) in [5.41, 5.74) is 3.30. The second-order valence-corrected chi connectivity index (χ2v) is 7.93. The standard InChI is InChI=1S/C24H34N4O3.HI/c1-5-25-24(27-14-19-7-9-23(26-13-19)30-17(2)3)28-15-20-8-6-18(4)12-22(20)31-21-10-11-29-16-21;/h6-9,12-13,17,21H,5,10-11,14-16H2,1-4H3,(H2,25,27,28);1H. The van der Waals surface area contributed by atoms with Gasteiger partial charge in [0, 0.05) is 37.3 Å². The van der Waals surface area contributed by atoms with E-state index in [0.717, 1.165) is 42.4 Å². The third kappa shape index (κ3) is 8.46. The topological polar surface area (TPSA) is 77.0 Å². The first kappa shape index (κ1) is 26.2. The second-order valence-electron chi connectivity index (χ2n) is 7.93. The van der Waals surface area contributed by atoms with E-state index in [4.69, 9.17) is 19.2 Å². The predicted octanol–water partition coefficient (Wildman–Crippen LogP) is 4.22. The molecule has 1 saturated heterocycles. The van der Waals surface area contributed by atoms with E-state index in [1.165, 1.54) is 5.56 Å². The molecule has 32 heavy (non-hydrogen) atoms. The van der Waals surface area contributed by atoms with Gasteiger partial charge in [-0.3, -0.25) is 0 Å². The number of benzene rings is 1. The van der Waals surface area contributed by atoms with Gasteiger partial charge in [0.2, 0.25) is 5.88 Å². The number of hydrogen-bond acceptors (Lipinski definition) is 5. The van der Waals surface area contributed by atoms with Crippen LogP contribution in [0.2, 0.25) is 0 Å². The summed E-state index contributed by atoms with van der Waals surface area (Å²) in [7, 11) is 0. The average molecular weight is 554 g/mol. The van der Waals surface area contributed by atoms with E-state index in [1.807, 2.05) is 26.0 Å². The number of aromatic nitrogens is 1. The molecule has 1 aromatic heterocycles. The van der Waals surface area contributed by atoms with E-state index in [9.17, 15) is 0 Å². The van der Waals surface area contributed by atoms with Crippen LogP contribution in [0.1, 0.15) is 43.9 Å². The third-order valence-corrected chi connectivity index (χ3v) is 4.77. The summed E-state index contributed by atoms with van der Waals surface area (Å²) < 4.78 is 17.2. The van der Waals surface area contributed by atoms with Crippen molar-refractivity contribution in [2.75, 3.05) is 19.8 Å². The lowest BCUT2D eigenvalue weighted by Crippen LogP contribution is -2.37. The Morgan fingerprint density at radius 2 is 2.09 bits per heavy atom. The molecule has 2 heterocycles. The first-order chi connectivity index (χ1) is 15.0. The molecular formula is C24H35IN4O3. The summed E-state index contributed by atoms with van der Waals surface area (Å²) >= 11 is 0. The van der Waals surface area contributed by atoms with Crippen molar-refractivity contribution >= 4 is 29.9 Å². The van der Waals surface area contributed by atoms with Gasteiger partial charge in [-0.05, 0) is 44.9 Å². The minimum Gasteiger partial charge on any atom is -0.488 e. The highest BCUT2D eigenvalue weighted by Crippen LogP contribution is 2.23. The van der Waals surface area contributed by atoms with Gasteiger partial charge in [0.1, 0.15) is 11.9 Å². The van der Waals surface area contributed by atoms with Crippen LogP contribution in [-0.2, 0) is 17.8 Å². The Labute approximate surface area is 208 Å². The molecule has 1 aliphatic rings. The summed E-state index contributed by atoms with van der Waals surface area (Å²) in [6.45, 7) is 11.4. The van der Waals surface area contributed by atoms with Crippen LogP contribution in [0.15, 0.2) is 41.5 Å². The molecule has 3 rings (SSSR count). The van der Waals surface area contributed by atoms with Crippen LogP contribution in [0.5, 0.6) is 11.6 Å². The van der Waals surface area contributed by atoms with Crippen molar-refractivity contribution < 1.29 is 14.2 Å². The van der Waals surface area contributed by atoms with Crippen LogP contribution in [0.4, 0.5) is 0 Å². The number of halogens is 1. The highest BCUT2D eigenvalue weighted by Gasteiger charge is 2.18. The van der Waals surface area contributed by atoms with Gasteiger partial charge >= 0.3 is 0 Å². The summed E-state index contributed by atoms with van der Waals surface area (Å²) in [5, 5.41) is 6.71. The number of guanidine groups is 1. The van der Waals surface area contributed by atoms with Gasteiger partial charge in [-0.2, -0.15) is 0 Å².